The molecule has 3 heteroatoms. The first-order chi connectivity index (χ1) is 8.78. The number of fused-ring (bicyclic) bond motifs is 1. The highest BCUT2D eigenvalue weighted by atomic mass is 32.1. The predicted octanol–water partition coefficient (Wildman–Crippen LogP) is 4.58. The molecule has 0 unspecified atom stereocenters. The third-order valence-corrected chi connectivity index (χ3v) is 3.94. The summed E-state index contributed by atoms with van der Waals surface area (Å²) in [5.41, 5.74) is 1.17. The van der Waals surface area contributed by atoms with Gasteiger partial charge in [0.1, 0.15) is 5.82 Å². The van der Waals surface area contributed by atoms with Gasteiger partial charge in [-0.3, -0.25) is 0 Å². The number of thiophene rings is 1. The Hall–Kier alpha value is -2.18. The lowest BCUT2D eigenvalue weighted by Gasteiger charge is -2.00. The lowest BCUT2D eigenvalue weighted by atomic mass is 10.1. The van der Waals surface area contributed by atoms with Gasteiger partial charge in [0, 0.05) is 15.1 Å². The molecule has 0 saturated heterocycles. The minimum absolute atomic E-state index is 0.318. The zero-order valence-electron chi connectivity index (χ0n) is 9.35. The molecule has 0 saturated carbocycles. The summed E-state index contributed by atoms with van der Waals surface area (Å²) >= 11 is 1.57. The van der Waals surface area contributed by atoms with Crippen LogP contribution in [-0.4, -0.2) is 0 Å². The minimum atomic E-state index is -0.318. The summed E-state index contributed by atoms with van der Waals surface area (Å²) in [7, 11) is 0. The van der Waals surface area contributed by atoms with E-state index in [0.29, 0.717) is 11.1 Å². The molecule has 0 amide bonds. The minimum Gasteiger partial charge on any atom is -0.207 e. The molecular weight excluding hydrogens is 245 g/mol. The third-order valence-electron chi connectivity index (χ3n) is 2.79. The van der Waals surface area contributed by atoms with Gasteiger partial charge in [0.15, 0.2) is 0 Å². The summed E-state index contributed by atoms with van der Waals surface area (Å²) < 4.78 is 14.5. The first-order valence-electron chi connectivity index (χ1n) is 5.46. The number of rotatable bonds is 1. The van der Waals surface area contributed by atoms with Crippen LogP contribution in [0.5, 0.6) is 0 Å². The Balaban J connectivity index is 2.26. The molecule has 0 atom stereocenters. The largest absolute Gasteiger partial charge is 0.207 e. The first-order valence-corrected chi connectivity index (χ1v) is 6.28. The summed E-state index contributed by atoms with van der Waals surface area (Å²) in [6.07, 6.45) is 0. The van der Waals surface area contributed by atoms with E-state index in [-0.39, 0.29) is 5.82 Å². The molecule has 0 aliphatic heterocycles. The zero-order chi connectivity index (χ0) is 12.5. The maximum Gasteiger partial charge on any atom is 0.123 e. The second-order valence-electron chi connectivity index (χ2n) is 3.95. The van der Waals surface area contributed by atoms with Crippen LogP contribution in [0.3, 0.4) is 0 Å². The van der Waals surface area contributed by atoms with E-state index in [0.717, 1.165) is 15.0 Å². The molecule has 0 bridgehead atoms. The fourth-order valence-electron chi connectivity index (χ4n) is 1.93. The van der Waals surface area contributed by atoms with Crippen LogP contribution in [0.4, 0.5) is 4.39 Å². The molecule has 3 rings (SSSR count). The monoisotopic (exact) mass is 253 g/mol. The molecule has 0 radical (unpaired) electrons. The summed E-state index contributed by atoms with van der Waals surface area (Å²) in [6, 6.07) is 16.3. The molecule has 0 N–H and O–H groups in total. The standard InChI is InChI=1S/C15H8FNS/c16-12-6-5-11(9-17)13(8-12)15-7-10-3-1-2-4-14(10)18-15/h1-8H. The van der Waals surface area contributed by atoms with E-state index < -0.39 is 0 Å². The van der Waals surface area contributed by atoms with Crippen LogP contribution in [0.15, 0.2) is 48.5 Å². The van der Waals surface area contributed by atoms with E-state index >= 15 is 0 Å². The topological polar surface area (TPSA) is 23.8 Å². The predicted molar refractivity (Wildman–Crippen MR) is 71.9 cm³/mol. The van der Waals surface area contributed by atoms with Gasteiger partial charge in [0.25, 0.3) is 0 Å². The van der Waals surface area contributed by atoms with E-state index in [2.05, 4.69) is 6.07 Å². The second kappa shape index (κ2) is 4.25. The van der Waals surface area contributed by atoms with E-state index in [1.165, 1.54) is 18.2 Å². The highest BCUT2D eigenvalue weighted by Crippen LogP contribution is 2.35. The maximum absolute atomic E-state index is 13.3. The van der Waals surface area contributed by atoms with Crippen molar-refractivity contribution in [1.82, 2.24) is 0 Å². The van der Waals surface area contributed by atoms with E-state index in [1.54, 1.807) is 11.3 Å². The van der Waals surface area contributed by atoms with Crippen molar-refractivity contribution in [2.75, 3.05) is 0 Å². The van der Waals surface area contributed by atoms with Crippen LogP contribution in [0.2, 0.25) is 0 Å². The van der Waals surface area contributed by atoms with Gasteiger partial charge in [0.05, 0.1) is 11.6 Å². The van der Waals surface area contributed by atoms with Crippen LogP contribution in [0.1, 0.15) is 5.56 Å². The molecule has 1 aromatic heterocycles. The van der Waals surface area contributed by atoms with Gasteiger partial charge >= 0.3 is 0 Å². The van der Waals surface area contributed by atoms with Gasteiger partial charge < -0.3 is 0 Å². The third kappa shape index (κ3) is 1.77. The molecule has 0 aliphatic carbocycles. The molecule has 3 aromatic rings. The van der Waals surface area contributed by atoms with Crippen LogP contribution in [-0.2, 0) is 0 Å². The summed E-state index contributed by atoms with van der Waals surface area (Å²) in [4.78, 5) is 0.923. The molecule has 2 aromatic carbocycles. The van der Waals surface area contributed by atoms with E-state index in [1.807, 2.05) is 30.3 Å². The Labute approximate surface area is 108 Å². The van der Waals surface area contributed by atoms with Crippen LogP contribution >= 0.6 is 11.3 Å². The van der Waals surface area contributed by atoms with Gasteiger partial charge in [-0.15, -0.1) is 11.3 Å². The molecule has 18 heavy (non-hydrogen) atoms. The number of hydrogen-bond acceptors (Lipinski definition) is 2. The fourth-order valence-corrected chi connectivity index (χ4v) is 3.03. The van der Waals surface area contributed by atoms with Crippen molar-refractivity contribution in [2.45, 2.75) is 0 Å². The quantitative estimate of drug-likeness (QED) is 0.622. The lowest BCUT2D eigenvalue weighted by molar-refractivity contribution is 0.628. The Morgan fingerprint density at radius 1 is 1.06 bits per heavy atom. The van der Waals surface area contributed by atoms with Crippen molar-refractivity contribution in [3.63, 3.8) is 0 Å². The number of nitriles is 1. The van der Waals surface area contributed by atoms with Crippen molar-refractivity contribution >= 4 is 21.4 Å². The van der Waals surface area contributed by atoms with Crippen LogP contribution in [0.25, 0.3) is 20.5 Å². The van der Waals surface area contributed by atoms with Gasteiger partial charge in [0.2, 0.25) is 0 Å². The second-order valence-corrected chi connectivity index (χ2v) is 5.03. The Morgan fingerprint density at radius 2 is 1.89 bits per heavy atom. The van der Waals surface area contributed by atoms with Gasteiger partial charge in [-0.25, -0.2) is 4.39 Å². The molecular formula is C15H8FNS. The highest BCUT2D eigenvalue weighted by Gasteiger charge is 2.09. The number of nitrogens with zero attached hydrogens (tertiary/aromatic N) is 1. The molecule has 0 aliphatic rings. The Morgan fingerprint density at radius 3 is 2.67 bits per heavy atom. The zero-order valence-corrected chi connectivity index (χ0v) is 10.2. The average Bonchev–Trinajstić information content (AvgIpc) is 2.82. The average molecular weight is 253 g/mol. The summed E-state index contributed by atoms with van der Waals surface area (Å²) in [6.45, 7) is 0. The van der Waals surface area contributed by atoms with Gasteiger partial charge in [-0.2, -0.15) is 5.26 Å². The number of hydrogen-bond donors (Lipinski definition) is 0. The molecule has 0 fully saturated rings. The number of benzene rings is 2. The fraction of sp³-hybridized carbons (Fsp3) is 0. The molecule has 1 nitrogen and oxygen atoms in total. The van der Waals surface area contributed by atoms with Crippen molar-refractivity contribution in [2.24, 2.45) is 0 Å². The normalized spacial score (nSPS) is 10.4. The van der Waals surface area contributed by atoms with Crippen LogP contribution in [0, 0.1) is 17.1 Å². The molecule has 1 heterocycles. The van der Waals surface area contributed by atoms with Crippen molar-refractivity contribution < 1.29 is 4.39 Å². The van der Waals surface area contributed by atoms with Gasteiger partial charge in [-0.05, 0) is 35.7 Å². The Bertz CT molecular complexity index is 735. The molecule has 0 spiro atoms. The van der Waals surface area contributed by atoms with Crippen LogP contribution < -0.4 is 0 Å². The molecule has 86 valence electrons. The first kappa shape index (κ1) is 10.9. The smallest absolute Gasteiger partial charge is 0.123 e. The van der Waals surface area contributed by atoms with E-state index in [9.17, 15) is 4.39 Å². The SMILES string of the molecule is N#Cc1ccc(F)cc1-c1cc2ccccc2s1. The van der Waals surface area contributed by atoms with E-state index in [4.69, 9.17) is 5.26 Å². The summed E-state index contributed by atoms with van der Waals surface area (Å²) in [5.74, 6) is -0.318. The lowest BCUT2D eigenvalue weighted by Crippen LogP contribution is -1.83. The van der Waals surface area contributed by atoms with Crippen molar-refractivity contribution in [1.29, 1.82) is 5.26 Å². The number of halogens is 1. The Kier molecular flexibility index (Phi) is 2.58. The van der Waals surface area contributed by atoms with Crippen molar-refractivity contribution in [3.05, 3.63) is 59.9 Å². The summed E-state index contributed by atoms with van der Waals surface area (Å²) in [5, 5.41) is 10.2. The maximum atomic E-state index is 13.3. The highest BCUT2D eigenvalue weighted by molar-refractivity contribution is 7.22. The van der Waals surface area contributed by atoms with Crippen molar-refractivity contribution in [3.8, 4) is 16.5 Å². The van der Waals surface area contributed by atoms with Gasteiger partial charge in [-0.1, -0.05) is 18.2 Å².